The predicted octanol–water partition coefficient (Wildman–Crippen LogP) is 2.26. The minimum absolute atomic E-state index is 0.145. The summed E-state index contributed by atoms with van der Waals surface area (Å²) >= 11 is 1.18. The quantitative estimate of drug-likeness (QED) is 0.347. The van der Waals surface area contributed by atoms with E-state index >= 15 is 0 Å². The Labute approximate surface area is 127 Å². The fourth-order valence-electron chi connectivity index (χ4n) is 1.89. The van der Waals surface area contributed by atoms with Gasteiger partial charge in [-0.2, -0.15) is 0 Å². The Hall–Kier alpha value is -2.06. The number of rotatable bonds is 4. The minimum atomic E-state index is -3.70. The first-order chi connectivity index (χ1) is 9.85. The zero-order chi connectivity index (χ0) is 15.6. The van der Waals surface area contributed by atoms with E-state index in [9.17, 15) is 8.42 Å². The van der Waals surface area contributed by atoms with Gasteiger partial charge in [0.1, 0.15) is 4.21 Å². The van der Waals surface area contributed by atoms with Crippen LogP contribution in [0.4, 0.5) is 5.69 Å². The molecular weight excluding hydrogens is 310 g/mol. The van der Waals surface area contributed by atoms with E-state index < -0.39 is 10.0 Å². The number of hydrogen-bond acceptors (Lipinski definition) is 5. The van der Waals surface area contributed by atoms with Gasteiger partial charge in [-0.15, -0.1) is 11.3 Å². The van der Waals surface area contributed by atoms with E-state index in [2.05, 4.69) is 9.88 Å². The number of anilines is 1. The summed E-state index contributed by atoms with van der Waals surface area (Å²) in [5.41, 5.74) is 6.96. The molecule has 8 heteroatoms. The smallest absolute Gasteiger partial charge is 0.271 e. The Morgan fingerprint density at radius 2 is 2.00 bits per heavy atom. The van der Waals surface area contributed by atoms with E-state index in [1.807, 2.05) is 6.92 Å². The van der Waals surface area contributed by atoms with E-state index in [4.69, 9.17) is 10.9 Å². The largest absolute Gasteiger partial charge is 0.409 e. The van der Waals surface area contributed by atoms with E-state index in [0.717, 1.165) is 4.88 Å². The van der Waals surface area contributed by atoms with Crippen molar-refractivity contribution in [3.05, 3.63) is 46.3 Å². The molecule has 0 saturated carbocycles. The average Bonchev–Trinajstić information content (AvgIpc) is 2.85. The number of sulfonamides is 1. The number of nitrogens with zero attached hydrogens (tertiary/aromatic N) is 1. The summed E-state index contributed by atoms with van der Waals surface area (Å²) in [5, 5.41) is 11.8. The van der Waals surface area contributed by atoms with Gasteiger partial charge >= 0.3 is 0 Å². The highest BCUT2D eigenvalue weighted by Crippen LogP contribution is 2.26. The molecule has 0 radical (unpaired) electrons. The van der Waals surface area contributed by atoms with Crippen LogP contribution in [0.2, 0.25) is 0 Å². The molecule has 0 atom stereocenters. The second-order valence-electron chi connectivity index (χ2n) is 4.45. The molecule has 0 bridgehead atoms. The molecule has 0 unspecified atom stereocenters. The lowest BCUT2D eigenvalue weighted by Crippen LogP contribution is -2.20. The van der Waals surface area contributed by atoms with E-state index in [-0.39, 0.29) is 15.7 Å². The standard InChI is InChI=1S/C13H15N3O3S2/c1-8-4-3-5-10(12(8)13(14)15-17)16-21(18,19)11-7-6-9(2)20-11/h3-7,16-17H,1-2H3,(H2,14,15). The van der Waals surface area contributed by atoms with E-state index in [1.165, 1.54) is 11.3 Å². The molecule has 4 N–H and O–H groups in total. The Morgan fingerprint density at radius 1 is 1.29 bits per heavy atom. The highest BCUT2D eigenvalue weighted by atomic mass is 32.2. The van der Waals surface area contributed by atoms with Crippen LogP contribution in [-0.2, 0) is 10.0 Å². The molecule has 2 rings (SSSR count). The Balaban J connectivity index is 2.47. The van der Waals surface area contributed by atoms with Crippen LogP contribution < -0.4 is 10.5 Å². The molecule has 0 amide bonds. The summed E-state index contributed by atoms with van der Waals surface area (Å²) in [4.78, 5) is 0.899. The fourth-order valence-corrected chi connectivity index (χ4v) is 4.25. The molecule has 21 heavy (non-hydrogen) atoms. The van der Waals surface area contributed by atoms with Crippen molar-refractivity contribution < 1.29 is 13.6 Å². The Kier molecular flexibility index (Phi) is 4.19. The highest BCUT2D eigenvalue weighted by molar-refractivity contribution is 7.94. The SMILES string of the molecule is Cc1ccc(S(=O)(=O)Nc2cccc(C)c2/C(N)=N/O)s1. The molecular formula is C13H15N3O3S2. The Morgan fingerprint density at radius 3 is 2.57 bits per heavy atom. The number of aryl methyl sites for hydroxylation is 2. The number of nitrogens with two attached hydrogens (primary N) is 1. The molecule has 0 saturated heterocycles. The molecule has 0 fully saturated rings. The van der Waals surface area contributed by atoms with Gasteiger partial charge in [-0.25, -0.2) is 8.42 Å². The zero-order valence-corrected chi connectivity index (χ0v) is 13.1. The van der Waals surface area contributed by atoms with Crippen molar-refractivity contribution >= 4 is 32.9 Å². The van der Waals surface area contributed by atoms with Crippen LogP contribution in [-0.4, -0.2) is 19.5 Å². The molecule has 1 aromatic carbocycles. The third kappa shape index (κ3) is 3.17. The van der Waals surface area contributed by atoms with Gasteiger partial charge in [0, 0.05) is 10.4 Å². The molecule has 6 nitrogen and oxygen atoms in total. The molecule has 112 valence electrons. The first-order valence-corrected chi connectivity index (χ1v) is 8.32. The van der Waals surface area contributed by atoms with Crippen LogP contribution in [0.3, 0.4) is 0 Å². The molecule has 2 aromatic rings. The van der Waals surface area contributed by atoms with Crippen molar-refractivity contribution in [2.75, 3.05) is 4.72 Å². The van der Waals surface area contributed by atoms with Crippen LogP contribution in [0.5, 0.6) is 0 Å². The van der Waals surface area contributed by atoms with Gasteiger partial charge in [-0.1, -0.05) is 17.3 Å². The van der Waals surface area contributed by atoms with Gasteiger partial charge in [0.25, 0.3) is 10.0 Å². The predicted molar refractivity (Wildman–Crippen MR) is 83.6 cm³/mol. The van der Waals surface area contributed by atoms with E-state index in [1.54, 1.807) is 37.3 Å². The lowest BCUT2D eigenvalue weighted by Gasteiger charge is -2.13. The first kappa shape index (κ1) is 15.3. The van der Waals surface area contributed by atoms with Gasteiger partial charge < -0.3 is 10.9 Å². The molecule has 0 aliphatic carbocycles. The monoisotopic (exact) mass is 325 g/mol. The number of amidine groups is 1. The summed E-state index contributed by atoms with van der Waals surface area (Å²) in [6.45, 7) is 3.58. The lowest BCUT2D eigenvalue weighted by atomic mass is 10.1. The highest BCUT2D eigenvalue weighted by Gasteiger charge is 2.19. The van der Waals surface area contributed by atoms with Crippen LogP contribution in [0.1, 0.15) is 16.0 Å². The van der Waals surface area contributed by atoms with Crippen LogP contribution in [0.15, 0.2) is 39.7 Å². The summed E-state index contributed by atoms with van der Waals surface area (Å²) in [5.74, 6) is -0.145. The zero-order valence-electron chi connectivity index (χ0n) is 11.5. The topological polar surface area (TPSA) is 105 Å². The van der Waals surface area contributed by atoms with E-state index in [0.29, 0.717) is 11.1 Å². The number of oxime groups is 1. The molecule has 0 aliphatic heterocycles. The van der Waals surface area contributed by atoms with Gasteiger partial charge in [0.05, 0.1) is 5.69 Å². The third-order valence-corrected chi connectivity index (χ3v) is 5.72. The van der Waals surface area contributed by atoms with Crippen molar-refractivity contribution in [2.24, 2.45) is 10.9 Å². The second kappa shape index (κ2) is 5.74. The molecule has 0 spiro atoms. The summed E-state index contributed by atoms with van der Waals surface area (Å²) in [6.07, 6.45) is 0. The maximum absolute atomic E-state index is 12.3. The summed E-state index contributed by atoms with van der Waals surface area (Å²) in [7, 11) is -3.70. The van der Waals surface area contributed by atoms with Crippen molar-refractivity contribution in [3.8, 4) is 0 Å². The van der Waals surface area contributed by atoms with Gasteiger partial charge in [-0.05, 0) is 37.6 Å². The lowest BCUT2D eigenvalue weighted by molar-refractivity contribution is 0.318. The number of nitrogens with one attached hydrogen (secondary N) is 1. The molecule has 1 aromatic heterocycles. The van der Waals surface area contributed by atoms with Gasteiger partial charge in [-0.3, -0.25) is 4.72 Å². The number of benzene rings is 1. The average molecular weight is 325 g/mol. The second-order valence-corrected chi connectivity index (χ2v) is 7.65. The summed E-state index contributed by atoms with van der Waals surface area (Å²) in [6, 6.07) is 8.29. The number of hydrogen-bond donors (Lipinski definition) is 3. The maximum Gasteiger partial charge on any atom is 0.271 e. The number of thiophene rings is 1. The van der Waals surface area contributed by atoms with Gasteiger partial charge in [0.2, 0.25) is 0 Å². The van der Waals surface area contributed by atoms with Gasteiger partial charge in [0.15, 0.2) is 5.84 Å². The Bertz CT molecular complexity index is 795. The normalized spacial score (nSPS) is 12.4. The molecule has 1 heterocycles. The van der Waals surface area contributed by atoms with Crippen molar-refractivity contribution in [1.82, 2.24) is 0 Å². The maximum atomic E-state index is 12.3. The van der Waals surface area contributed by atoms with Crippen LogP contribution >= 0.6 is 11.3 Å². The van der Waals surface area contributed by atoms with Crippen LogP contribution in [0.25, 0.3) is 0 Å². The molecule has 0 aliphatic rings. The van der Waals surface area contributed by atoms with Crippen molar-refractivity contribution in [2.45, 2.75) is 18.1 Å². The van der Waals surface area contributed by atoms with Crippen molar-refractivity contribution in [3.63, 3.8) is 0 Å². The minimum Gasteiger partial charge on any atom is -0.409 e. The first-order valence-electron chi connectivity index (χ1n) is 6.02. The fraction of sp³-hybridized carbons (Fsp3) is 0.154. The van der Waals surface area contributed by atoms with Crippen molar-refractivity contribution in [1.29, 1.82) is 0 Å². The van der Waals surface area contributed by atoms with Crippen LogP contribution in [0, 0.1) is 13.8 Å². The summed E-state index contributed by atoms with van der Waals surface area (Å²) < 4.78 is 27.4. The third-order valence-electron chi connectivity index (χ3n) is 2.86.